The van der Waals surface area contributed by atoms with Crippen molar-refractivity contribution in [3.63, 3.8) is 0 Å². The molecule has 1 aromatic rings. The van der Waals surface area contributed by atoms with Crippen molar-refractivity contribution < 1.29 is 9.53 Å². The summed E-state index contributed by atoms with van der Waals surface area (Å²) in [5, 5.41) is 0.382. The van der Waals surface area contributed by atoms with Gasteiger partial charge in [-0.05, 0) is 46.6 Å². The molecule has 0 N–H and O–H groups in total. The third-order valence-electron chi connectivity index (χ3n) is 1.51. The fourth-order valence-corrected chi connectivity index (χ4v) is 1.47. The van der Waals surface area contributed by atoms with E-state index in [1.165, 1.54) is 0 Å². The first kappa shape index (κ1) is 12.2. The summed E-state index contributed by atoms with van der Waals surface area (Å²) >= 11 is 8.83. The molecule has 0 aliphatic rings. The van der Waals surface area contributed by atoms with Crippen LogP contribution in [0.4, 0.5) is 0 Å². The predicted octanol–water partition coefficient (Wildman–Crippen LogP) is 3.03. The summed E-state index contributed by atoms with van der Waals surface area (Å²) in [6.07, 6.45) is 3.20. The second kappa shape index (κ2) is 5.88. The smallest absolute Gasteiger partial charge is 0.345 e. The van der Waals surface area contributed by atoms with E-state index in [9.17, 15) is 4.79 Å². The molecule has 1 rings (SSSR count). The number of nitrogens with zero attached hydrogens (tertiary/aromatic N) is 1. The zero-order chi connectivity index (χ0) is 11.3. The van der Waals surface area contributed by atoms with Gasteiger partial charge in [0, 0.05) is 6.20 Å². The lowest BCUT2D eigenvalue weighted by molar-refractivity contribution is -0.137. The Morgan fingerprint density at radius 3 is 3.07 bits per heavy atom. The molecule has 0 atom stereocenters. The number of halogens is 2. The van der Waals surface area contributed by atoms with E-state index in [0.29, 0.717) is 16.2 Å². The molecule has 3 nitrogen and oxygen atoms in total. The van der Waals surface area contributed by atoms with E-state index < -0.39 is 5.97 Å². The van der Waals surface area contributed by atoms with E-state index in [2.05, 4.69) is 20.9 Å². The monoisotopic (exact) mass is 289 g/mol. The van der Waals surface area contributed by atoms with Crippen LogP contribution in [0.5, 0.6) is 0 Å². The van der Waals surface area contributed by atoms with Crippen LogP contribution >= 0.6 is 27.5 Å². The highest BCUT2D eigenvalue weighted by Crippen LogP contribution is 2.15. The normalized spacial score (nSPS) is 11.3. The molecule has 0 bridgehead atoms. The molecule has 80 valence electrons. The van der Waals surface area contributed by atoms with Crippen molar-refractivity contribution in [3.05, 3.63) is 33.5 Å². The molecule has 0 aromatic carbocycles. The Labute approximate surface area is 101 Å². The van der Waals surface area contributed by atoms with Crippen LogP contribution < -0.4 is 0 Å². The van der Waals surface area contributed by atoms with Crippen LogP contribution in [0.25, 0.3) is 6.08 Å². The molecular weight excluding hydrogens is 281 g/mol. The fourth-order valence-electron chi connectivity index (χ4n) is 0.913. The number of esters is 1. The highest BCUT2D eigenvalue weighted by molar-refractivity contribution is 9.12. The van der Waals surface area contributed by atoms with Crippen LogP contribution in [0.3, 0.4) is 0 Å². The van der Waals surface area contributed by atoms with Gasteiger partial charge in [0.15, 0.2) is 0 Å². The zero-order valence-electron chi connectivity index (χ0n) is 8.04. The van der Waals surface area contributed by atoms with E-state index in [0.717, 1.165) is 5.56 Å². The quantitative estimate of drug-likeness (QED) is 0.488. The second-order valence-electron chi connectivity index (χ2n) is 2.62. The maximum absolute atomic E-state index is 11.2. The molecule has 0 aliphatic carbocycles. The third kappa shape index (κ3) is 4.01. The van der Waals surface area contributed by atoms with Crippen LogP contribution in [0, 0.1) is 0 Å². The van der Waals surface area contributed by atoms with Crippen LogP contribution in [-0.2, 0) is 9.53 Å². The predicted molar refractivity (Wildman–Crippen MR) is 62.8 cm³/mol. The number of carbonyl (C=O) groups excluding carboxylic acids is 1. The first-order valence-electron chi connectivity index (χ1n) is 4.29. The molecular formula is C10H9BrClNO2. The number of hydrogen-bond donors (Lipinski definition) is 0. The summed E-state index contributed by atoms with van der Waals surface area (Å²) in [5.74, 6) is -0.398. The number of pyridine rings is 1. The van der Waals surface area contributed by atoms with Gasteiger partial charge < -0.3 is 4.74 Å². The molecule has 1 heterocycles. The van der Waals surface area contributed by atoms with Gasteiger partial charge in [0.1, 0.15) is 9.64 Å². The van der Waals surface area contributed by atoms with Crippen molar-refractivity contribution in [2.24, 2.45) is 0 Å². The summed E-state index contributed by atoms with van der Waals surface area (Å²) in [4.78, 5) is 15.1. The van der Waals surface area contributed by atoms with Crippen molar-refractivity contribution in [1.82, 2.24) is 4.98 Å². The summed E-state index contributed by atoms with van der Waals surface area (Å²) in [5.41, 5.74) is 0.787. The van der Waals surface area contributed by atoms with Gasteiger partial charge >= 0.3 is 5.97 Å². The fraction of sp³-hybridized carbons (Fsp3) is 0.200. The van der Waals surface area contributed by atoms with E-state index in [4.69, 9.17) is 16.3 Å². The Bertz CT molecular complexity index is 393. The van der Waals surface area contributed by atoms with E-state index in [-0.39, 0.29) is 0 Å². The Morgan fingerprint density at radius 1 is 1.73 bits per heavy atom. The zero-order valence-corrected chi connectivity index (χ0v) is 10.4. The topological polar surface area (TPSA) is 39.2 Å². The Hall–Kier alpha value is -0.870. The summed E-state index contributed by atoms with van der Waals surface area (Å²) in [7, 11) is 0. The molecule has 15 heavy (non-hydrogen) atoms. The highest BCUT2D eigenvalue weighted by Gasteiger charge is 2.06. The van der Waals surface area contributed by atoms with Gasteiger partial charge in [-0.3, -0.25) is 0 Å². The van der Waals surface area contributed by atoms with Crippen LogP contribution in [0.1, 0.15) is 12.5 Å². The number of ether oxygens (including phenoxy) is 1. The largest absolute Gasteiger partial charge is 0.462 e. The van der Waals surface area contributed by atoms with Crippen molar-refractivity contribution >= 4 is 39.6 Å². The Balaban J connectivity index is 2.82. The molecule has 0 saturated carbocycles. The SMILES string of the molecule is CCOC(=O)/C(Br)=C/c1ccnc(Cl)c1. The summed E-state index contributed by atoms with van der Waals surface area (Å²) in [6, 6.07) is 3.40. The second-order valence-corrected chi connectivity index (χ2v) is 3.87. The molecule has 0 amide bonds. The van der Waals surface area contributed by atoms with E-state index >= 15 is 0 Å². The maximum atomic E-state index is 11.2. The van der Waals surface area contributed by atoms with Crippen molar-refractivity contribution in [3.8, 4) is 0 Å². The van der Waals surface area contributed by atoms with Crippen molar-refractivity contribution in [2.45, 2.75) is 6.92 Å². The molecule has 5 heteroatoms. The number of rotatable bonds is 3. The maximum Gasteiger partial charge on any atom is 0.345 e. The minimum absolute atomic E-state index is 0.346. The molecule has 0 radical (unpaired) electrons. The number of aromatic nitrogens is 1. The highest BCUT2D eigenvalue weighted by atomic mass is 79.9. The Morgan fingerprint density at radius 2 is 2.47 bits per heavy atom. The van der Waals surface area contributed by atoms with Gasteiger partial charge in [0.25, 0.3) is 0 Å². The van der Waals surface area contributed by atoms with Gasteiger partial charge in [-0.25, -0.2) is 9.78 Å². The lowest BCUT2D eigenvalue weighted by Gasteiger charge is -2.00. The van der Waals surface area contributed by atoms with E-state index in [1.807, 2.05) is 0 Å². The van der Waals surface area contributed by atoms with Gasteiger partial charge in [0.2, 0.25) is 0 Å². The van der Waals surface area contributed by atoms with Crippen LogP contribution in [0.2, 0.25) is 5.15 Å². The van der Waals surface area contributed by atoms with Crippen LogP contribution in [0.15, 0.2) is 22.8 Å². The van der Waals surface area contributed by atoms with Gasteiger partial charge in [0.05, 0.1) is 6.61 Å². The molecule has 0 spiro atoms. The number of carbonyl (C=O) groups is 1. The van der Waals surface area contributed by atoms with Gasteiger partial charge in [-0.1, -0.05) is 11.6 Å². The lowest BCUT2D eigenvalue weighted by atomic mass is 10.2. The van der Waals surface area contributed by atoms with Gasteiger partial charge in [-0.2, -0.15) is 0 Å². The lowest BCUT2D eigenvalue weighted by Crippen LogP contribution is -2.02. The van der Waals surface area contributed by atoms with Crippen LogP contribution in [-0.4, -0.2) is 17.6 Å². The molecule has 0 unspecified atom stereocenters. The average Bonchev–Trinajstić information content (AvgIpc) is 2.18. The minimum Gasteiger partial charge on any atom is -0.462 e. The summed E-state index contributed by atoms with van der Waals surface area (Å²) < 4.78 is 5.16. The van der Waals surface area contributed by atoms with E-state index in [1.54, 1.807) is 31.3 Å². The minimum atomic E-state index is -0.398. The number of hydrogen-bond acceptors (Lipinski definition) is 3. The average molecular weight is 291 g/mol. The first-order valence-corrected chi connectivity index (χ1v) is 5.46. The molecule has 1 aromatic heterocycles. The van der Waals surface area contributed by atoms with Gasteiger partial charge in [-0.15, -0.1) is 0 Å². The van der Waals surface area contributed by atoms with Crippen molar-refractivity contribution in [2.75, 3.05) is 6.61 Å². The molecule has 0 saturated heterocycles. The summed E-state index contributed by atoms with van der Waals surface area (Å²) in [6.45, 7) is 2.10. The first-order chi connectivity index (χ1) is 7.13. The Kier molecular flexibility index (Phi) is 4.78. The molecule has 0 fully saturated rings. The van der Waals surface area contributed by atoms with Crippen molar-refractivity contribution in [1.29, 1.82) is 0 Å². The molecule has 0 aliphatic heterocycles. The standard InChI is InChI=1S/C10H9BrClNO2/c1-2-15-10(14)8(11)5-7-3-4-13-9(12)6-7/h3-6H,2H2,1H3/b8-5-. The third-order valence-corrected chi connectivity index (χ3v) is 2.27.